The maximum absolute atomic E-state index is 12.7. The van der Waals surface area contributed by atoms with Gasteiger partial charge in [0, 0.05) is 49.1 Å². The average Bonchev–Trinajstić information content (AvgIpc) is 3.57. The van der Waals surface area contributed by atoms with E-state index in [-0.39, 0.29) is 12.1 Å². The number of rotatable bonds is 8. The molecule has 0 bridgehead atoms. The van der Waals surface area contributed by atoms with Crippen LogP contribution in [0.15, 0.2) is 77.0 Å². The molecule has 31 heavy (non-hydrogen) atoms. The van der Waals surface area contributed by atoms with Crippen molar-refractivity contribution in [3.63, 3.8) is 0 Å². The quantitative estimate of drug-likeness (QED) is 0.458. The Bertz CT molecular complexity index is 1180. The molecule has 1 aromatic carbocycles. The summed E-state index contributed by atoms with van der Waals surface area (Å²) in [7, 11) is 0. The van der Waals surface area contributed by atoms with Crippen molar-refractivity contribution in [2.24, 2.45) is 4.99 Å². The van der Waals surface area contributed by atoms with Gasteiger partial charge in [0.2, 0.25) is 0 Å². The minimum Gasteiger partial charge on any atom is -0.467 e. The lowest BCUT2D eigenvalue weighted by molar-refractivity contribution is 0.199. The molecular weight excluding hydrogens is 392 g/mol. The van der Waals surface area contributed by atoms with Crippen LogP contribution in [-0.2, 0) is 13.0 Å². The Morgan fingerprint density at radius 1 is 1.16 bits per heavy atom. The number of nitrogens with one attached hydrogen (secondary N) is 2. The van der Waals surface area contributed by atoms with Gasteiger partial charge < -0.3 is 18.9 Å². The highest BCUT2D eigenvalue weighted by Gasteiger charge is 2.38. The van der Waals surface area contributed by atoms with Gasteiger partial charge in [0.25, 0.3) is 0 Å². The second kappa shape index (κ2) is 8.51. The summed E-state index contributed by atoms with van der Waals surface area (Å²) in [6, 6.07) is 11.5. The fourth-order valence-electron chi connectivity index (χ4n) is 4.08. The second-order valence-electron chi connectivity index (χ2n) is 7.57. The average molecular weight is 416 g/mol. The van der Waals surface area contributed by atoms with Crippen LogP contribution in [0.25, 0.3) is 10.9 Å². The van der Waals surface area contributed by atoms with Crippen molar-refractivity contribution in [3.8, 4) is 0 Å². The molecule has 4 aromatic rings. The molecule has 1 aliphatic rings. The lowest BCUT2D eigenvalue weighted by Gasteiger charge is -2.21. The molecule has 0 aliphatic carbocycles. The van der Waals surface area contributed by atoms with E-state index in [1.54, 1.807) is 23.7 Å². The lowest BCUT2D eigenvalue weighted by Crippen LogP contribution is -2.31. The normalized spacial score (nSPS) is 17.7. The zero-order chi connectivity index (χ0) is 21.0. The summed E-state index contributed by atoms with van der Waals surface area (Å²) in [6.45, 7) is 1.97. The van der Waals surface area contributed by atoms with Crippen LogP contribution in [0.3, 0.4) is 0 Å². The van der Waals surface area contributed by atoms with E-state index in [1.165, 1.54) is 10.9 Å². The number of carbonyl (C=O) groups is 1. The van der Waals surface area contributed by atoms with E-state index in [1.807, 2.05) is 41.2 Å². The molecule has 4 heterocycles. The Kier molecular flexibility index (Phi) is 5.26. The summed E-state index contributed by atoms with van der Waals surface area (Å²) in [6.07, 6.45) is 10.7. The van der Waals surface area contributed by atoms with E-state index in [0.29, 0.717) is 24.7 Å². The molecular formula is C23H24N6O2. The molecule has 8 heteroatoms. The number of aromatic amines is 1. The van der Waals surface area contributed by atoms with Gasteiger partial charge in [0.05, 0.1) is 12.6 Å². The number of imidazole rings is 1. The van der Waals surface area contributed by atoms with Crippen LogP contribution in [0.4, 0.5) is 4.79 Å². The van der Waals surface area contributed by atoms with Gasteiger partial charge in [-0.25, -0.2) is 9.78 Å². The van der Waals surface area contributed by atoms with Crippen LogP contribution in [0, 0.1) is 0 Å². The van der Waals surface area contributed by atoms with Crippen LogP contribution in [0.1, 0.15) is 23.8 Å². The Morgan fingerprint density at radius 2 is 2.10 bits per heavy atom. The molecule has 2 N–H and O–H groups in total. The molecule has 1 saturated heterocycles. The van der Waals surface area contributed by atoms with Crippen molar-refractivity contribution in [2.75, 3.05) is 13.1 Å². The van der Waals surface area contributed by atoms with Gasteiger partial charge >= 0.3 is 6.03 Å². The number of H-pyrrole nitrogens is 1. The molecule has 1 aliphatic heterocycles. The molecule has 1 unspecified atom stereocenters. The molecule has 3 aromatic heterocycles. The third-order valence-electron chi connectivity index (χ3n) is 5.59. The van der Waals surface area contributed by atoms with Crippen LogP contribution < -0.4 is 5.32 Å². The van der Waals surface area contributed by atoms with Crippen molar-refractivity contribution >= 4 is 22.8 Å². The molecule has 0 radical (unpaired) electrons. The zero-order valence-electron chi connectivity index (χ0n) is 17.1. The number of urea groups is 1. The van der Waals surface area contributed by atoms with Gasteiger partial charge in [0.1, 0.15) is 17.6 Å². The Hall–Kier alpha value is -3.81. The van der Waals surface area contributed by atoms with E-state index in [4.69, 9.17) is 9.41 Å². The number of aliphatic imine (C=N–C) groups is 1. The van der Waals surface area contributed by atoms with E-state index < -0.39 is 0 Å². The molecule has 8 nitrogen and oxygen atoms in total. The minimum absolute atomic E-state index is 0.141. The predicted molar refractivity (Wildman–Crippen MR) is 118 cm³/mol. The number of nitrogens with zero attached hydrogens (tertiary/aromatic N) is 4. The zero-order valence-corrected chi connectivity index (χ0v) is 17.1. The first kappa shape index (κ1) is 19.2. The van der Waals surface area contributed by atoms with Gasteiger partial charge in [-0.05, 0) is 36.6 Å². The maximum atomic E-state index is 12.7. The highest BCUT2D eigenvalue weighted by atomic mass is 16.3. The number of para-hydroxylation sites is 1. The monoisotopic (exact) mass is 416 g/mol. The number of aromatic nitrogens is 3. The predicted octanol–water partition coefficient (Wildman–Crippen LogP) is 3.76. The third kappa shape index (κ3) is 3.96. The number of amides is 2. The van der Waals surface area contributed by atoms with Crippen LogP contribution in [0.2, 0.25) is 0 Å². The van der Waals surface area contributed by atoms with Crippen molar-refractivity contribution < 1.29 is 9.21 Å². The Labute approximate surface area is 179 Å². The fourth-order valence-corrected chi connectivity index (χ4v) is 4.08. The number of hydrogen-bond acceptors (Lipinski definition) is 4. The molecule has 1 atom stereocenters. The third-order valence-corrected chi connectivity index (χ3v) is 5.59. The van der Waals surface area contributed by atoms with E-state index in [2.05, 4.69) is 27.4 Å². The maximum Gasteiger partial charge on any atom is 0.323 e. The summed E-state index contributed by atoms with van der Waals surface area (Å²) in [5.41, 5.74) is 2.34. The number of fused-ring (bicyclic) bond motifs is 1. The highest BCUT2D eigenvalue weighted by molar-refractivity contribution is 6.07. The van der Waals surface area contributed by atoms with Crippen LogP contribution in [0.5, 0.6) is 0 Å². The van der Waals surface area contributed by atoms with Gasteiger partial charge in [0.15, 0.2) is 0 Å². The van der Waals surface area contributed by atoms with E-state index >= 15 is 0 Å². The van der Waals surface area contributed by atoms with Gasteiger partial charge in [-0.1, -0.05) is 18.2 Å². The number of aryl methyl sites for hydroxylation is 1. The van der Waals surface area contributed by atoms with Crippen LogP contribution in [-0.4, -0.2) is 44.4 Å². The molecule has 5 rings (SSSR count). The first-order valence-electron chi connectivity index (χ1n) is 10.5. The molecule has 0 saturated carbocycles. The number of benzene rings is 1. The van der Waals surface area contributed by atoms with Gasteiger partial charge in [-0.15, -0.1) is 0 Å². The first-order chi connectivity index (χ1) is 15.3. The number of hydrogen-bond donors (Lipinski definition) is 2. The Balaban J connectivity index is 1.30. The molecule has 1 fully saturated rings. The Morgan fingerprint density at radius 3 is 2.94 bits per heavy atom. The van der Waals surface area contributed by atoms with Crippen molar-refractivity contribution in [1.82, 2.24) is 24.8 Å². The topological polar surface area (TPSA) is 91.5 Å². The minimum atomic E-state index is -0.326. The van der Waals surface area contributed by atoms with Crippen LogP contribution >= 0.6 is 0 Å². The standard InChI is InChI=1S/C23H24N6O2/c30-23-27-22(25-9-8-17-15-26-19-6-2-1-5-18(17)19)21(20-7-3-14-31-20)29(23)12-4-11-28-13-10-24-16-28/h1-3,5-7,10,13-16,21,26H,4,8-9,11-12H2,(H,25,27,30). The van der Waals surface area contributed by atoms with E-state index in [0.717, 1.165) is 24.9 Å². The summed E-state index contributed by atoms with van der Waals surface area (Å²) >= 11 is 0. The molecule has 2 amide bonds. The van der Waals surface area contributed by atoms with Crippen molar-refractivity contribution in [2.45, 2.75) is 25.4 Å². The summed E-state index contributed by atoms with van der Waals surface area (Å²) in [5.74, 6) is 1.36. The van der Waals surface area contributed by atoms with E-state index in [9.17, 15) is 4.79 Å². The fraction of sp³-hybridized carbons (Fsp3) is 0.261. The lowest BCUT2D eigenvalue weighted by atomic mass is 10.1. The van der Waals surface area contributed by atoms with Crippen molar-refractivity contribution in [1.29, 1.82) is 0 Å². The second-order valence-corrected chi connectivity index (χ2v) is 7.57. The molecule has 158 valence electrons. The van der Waals surface area contributed by atoms with Gasteiger partial charge in [-0.3, -0.25) is 10.3 Å². The van der Waals surface area contributed by atoms with Crippen molar-refractivity contribution in [3.05, 3.63) is 78.9 Å². The largest absolute Gasteiger partial charge is 0.467 e. The summed E-state index contributed by atoms with van der Waals surface area (Å²) in [4.78, 5) is 26.6. The highest BCUT2D eigenvalue weighted by Crippen LogP contribution is 2.27. The summed E-state index contributed by atoms with van der Waals surface area (Å²) < 4.78 is 7.66. The number of furan rings is 1. The first-order valence-corrected chi connectivity index (χ1v) is 10.5. The number of carbonyl (C=O) groups excluding carboxylic acids is 1. The smallest absolute Gasteiger partial charge is 0.323 e. The molecule has 0 spiro atoms. The summed E-state index contributed by atoms with van der Waals surface area (Å²) in [5, 5.41) is 4.16. The van der Waals surface area contributed by atoms with Gasteiger partial charge in [-0.2, -0.15) is 0 Å². The SMILES string of the molecule is O=C1N/C(=N/CCc2c[nH]c3ccccc23)C(c2ccco2)N1CCCn1ccnc1. The number of amidine groups is 1.